The van der Waals surface area contributed by atoms with Gasteiger partial charge in [0.1, 0.15) is 4.90 Å². The second-order valence-electron chi connectivity index (χ2n) is 6.50. The lowest BCUT2D eigenvalue weighted by Gasteiger charge is -2.26. The Hall–Kier alpha value is -1.35. The van der Waals surface area contributed by atoms with Gasteiger partial charge in [-0.25, -0.2) is 8.42 Å². The highest BCUT2D eigenvalue weighted by Gasteiger charge is 2.30. The highest BCUT2D eigenvalue weighted by atomic mass is 35.5. The lowest BCUT2D eigenvalue weighted by atomic mass is 10.1. The monoisotopic (exact) mass is 476 g/mol. The molecule has 1 amide bonds. The van der Waals surface area contributed by atoms with Crippen molar-refractivity contribution in [3.8, 4) is 0 Å². The zero-order valence-corrected chi connectivity index (χ0v) is 18.6. The van der Waals surface area contributed by atoms with Crippen LogP contribution >= 0.6 is 34.8 Å². The van der Waals surface area contributed by atoms with Crippen LogP contribution in [0.3, 0.4) is 0 Å². The van der Waals surface area contributed by atoms with E-state index in [-0.39, 0.29) is 33.6 Å². The molecular formula is C19H19Cl3N2O4S. The van der Waals surface area contributed by atoms with Crippen molar-refractivity contribution >= 4 is 50.7 Å². The van der Waals surface area contributed by atoms with Gasteiger partial charge in [-0.1, -0.05) is 53.0 Å². The Labute approximate surface area is 184 Å². The van der Waals surface area contributed by atoms with E-state index in [0.717, 1.165) is 5.56 Å². The summed E-state index contributed by atoms with van der Waals surface area (Å²) in [6.45, 7) is 2.80. The van der Waals surface area contributed by atoms with Crippen LogP contribution in [0.2, 0.25) is 15.1 Å². The molecule has 0 radical (unpaired) electrons. The molecule has 1 fully saturated rings. The molecule has 0 bridgehead atoms. The van der Waals surface area contributed by atoms with Crippen LogP contribution in [0.25, 0.3) is 0 Å². The van der Waals surface area contributed by atoms with E-state index in [1.54, 1.807) is 25.1 Å². The SMILES string of the molecule is CC(NC(=O)c1cc(S(=O)(=O)N2CCOCC2)c(Cl)cc1Cl)c1ccccc1Cl. The third-order valence-corrected chi connectivity index (χ3v) is 7.59. The van der Waals surface area contributed by atoms with Gasteiger partial charge in [0.15, 0.2) is 0 Å². The van der Waals surface area contributed by atoms with E-state index in [0.29, 0.717) is 18.2 Å². The summed E-state index contributed by atoms with van der Waals surface area (Å²) in [5.41, 5.74) is 0.746. The first-order valence-electron chi connectivity index (χ1n) is 8.84. The topological polar surface area (TPSA) is 75.7 Å². The van der Waals surface area contributed by atoms with Gasteiger partial charge in [0.2, 0.25) is 10.0 Å². The van der Waals surface area contributed by atoms with Crippen LogP contribution in [0, 0.1) is 0 Å². The van der Waals surface area contributed by atoms with Gasteiger partial charge in [-0.05, 0) is 30.7 Å². The maximum atomic E-state index is 13.0. The minimum Gasteiger partial charge on any atom is -0.379 e. The standard InChI is InChI=1S/C19H19Cl3N2O4S/c1-12(13-4-2-3-5-15(13)20)23-19(25)14-10-18(17(22)11-16(14)21)29(26,27)24-6-8-28-9-7-24/h2-5,10-12H,6-9H2,1H3,(H,23,25). The minimum absolute atomic E-state index is 0.0156. The molecule has 10 heteroatoms. The van der Waals surface area contributed by atoms with E-state index in [1.165, 1.54) is 16.4 Å². The van der Waals surface area contributed by atoms with Crippen molar-refractivity contribution in [1.82, 2.24) is 9.62 Å². The summed E-state index contributed by atoms with van der Waals surface area (Å²) < 4.78 is 32.4. The number of nitrogens with zero attached hydrogens (tertiary/aromatic N) is 1. The molecule has 0 saturated carbocycles. The third-order valence-electron chi connectivity index (χ3n) is 4.57. The first kappa shape index (κ1) is 22.3. The number of carbonyl (C=O) groups excluding carboxylic acids is 1. The number of amides is 1. The van der Waals surface area contributed by atoms with Gasteiger partial charge in [0.05, 0.1) is 34.9 Å². The molecule has 1 saturated heterocycles. The predicted octanol–water partition coefficient (Wildman–Crippen LogP) is 4.16. The number of nitrogens with one attached hydrogen (secondary N) is 1. The molecule has 29 heavy (non-hydrogen) atoms. The summed E-state index contributed by atoms with van der Waals surface area (Å²) in [7, 11) is -3.89. The number of sulfonamides is 1. The van der Waals surface area contributed by atoms with Crippen LogP contribution in [0.4, 0.5) is 0 Å². The maximum absolute atomic E-state index is 13.0. The molecule has 0 spiro atoms. The van der Waals surface area contributed by atoms with E-state index in [4.69, 9.17) is 39.5 Å². The average Bonchev–Trinajstić information content (AvgIpc) is 2.68. The summed E-state index contributed by atoms with van der Waals surface area (Å²) >= 11 is 18.5. The maximum Gasteiger partial charge on any atom is 0.253 e. The molecule has 3 rings (SSSR count). The summed E-state index contributed by atoms with van der Waals surface area (Å²) in [4.78, 5) is 12.7. The van der Waals surface area contributed by atoms with E-state index < -0.39 is 22.0 Å². The molecule has 0 aliphatic carbocycles. The fourth-order valence-electron chi connectivity index (χ4n) is 3.01. The normalized spacial score (nSPS) is 16.4. The molecule has 1 aliphatic rings. The van der Waals surface area contributed by atoms with E-state index >= 15 is 0 Å². The fourth-order valence-corrected chi connectivity index (χ4v) is 5.55. The highest BCUT2D eigenvalue weighted by molar-refractivity contribution is 7.89. The third kappa shape index (κ3) is 4.87. The van der Waals surface area contributed by atoms with Gasteiger partial charge in [-0.2, -0.15) is 4.31 Å². The number of hydrogen-bond donors (Lipinski definition) is 1. The smallest absolute Gasteiger partial charge is 0.253 e. The molecule has 156 valence electrons. The molecule has 6 nitrogen and oxygen atoms in total. The first-order valence-corrected chi connectivity index (χ1v) is 11.4. The molecular weight excluding hydrogens is 459 g/mol. The van der Waals surface area contributed by atoms with Crippen molar-refractivity contribution < 1.29 is 17.9 Å². The fraction of sp³-hybridized carbons (Fsp3) is 0.316. The Balaban J connectivity index is 1.91. The molecule has 2 aromatic carbocycles. The van der Waals surface area contributed by atoms with E-state index in [2.05, 4.69) is 5.32 Å². The number of rotatable bonds is 5. The Morgan fingerprint density at radius 2 is 1.72 bits per heavy atom. The number of benzene rings is 2. The Morgan fingerprint density at radius 1 is 1.07 bits per heavy atom. The molecule has 1 atom stereocenters. The largest absolute Gasteiger partial charge is 0.379 e. The number of carbonyl (C=O) groups is 1. The van der Waals surface area contributed by atoms with Crippen molar-refractivity contribution in [2.75, 3.05) is 26.3 Å². The van der Waals surface area contributed by atoms with Gasteiger partial charge in [-0.15, -0.1) is 0 Å². The van der Waals surface area contributed by atoms with Crippen LogP contribution in [-0.2, 0) is 14.8 Å². The first-order chi connectivity index (χ1) is 13.7. The van der Waals surface area contributed by atoms with Crippen molar-refractivity contribution in [2.45, 2.75) is 17.9 Å². The molecule has 1 aliphatic heterocycles. The second-order valence-corrected chi connectivity index (χ2v) is 9.62. The number of morpholine rings is 1. The van der Waals surface area contributed by atoms with Gasteiger partial charge in [-0.3, -0.25) is 4.79 Å². The van der Waals surface area contributed by atoms with Crippen LogP contribution in [0.5, 0.6) is 0 Å². The van der Waals surface area contributed by atoms with Crippen LogP contribution in [0.1, 0.15) is 28.9 Å². The second kappa shape index (κ2) is 9.20. The summed E-state index contributed by atoms with van der Waals surface area (Å²) in [5.74, 6) is -0.530. The molecule has 2 aromatic rings. The predicted molar refractivity (Wildman–Crippen MR) is 113 cm³/mol. The summed E-state index contributed by atoms with van der Waals surface area (Å²) in [6, 6.07) is 9.19. The average molecular weight is 478 g/mol. The van der Waals surface area contributed by atoms with Gasteiger partial charge in [0.25, 0.3) is 5.91 Å². The van der Waals surface area contributed by atoms with Crippen LogP contribution in [0.15, 0.2) is 41.3 Å². The Kier molecular flexibility index (Phi) is 7.09. The Bertz CT molecular complexity index is 1020. The van der Waals surface area contributed by atoms with E-state index in [1.807, 2.05) is 6.07 Å². The van der Waals surface area contributed by atoms with Crippen LogP contribution in [-0.4, -0.2) is 44.9 Å². The lowest BCUT2D eigenvalue weighted by Crippen LogP contribution is -2.40. The molecule has 1 N–H and O–H groups in total. The Morgan fingerprint density at radius 3 is 2.38 bits per heavy atom. The lowest BCUT2D eigenvalue weighted by molar-refractivity contribution is 0.0730. The van der Waals surface area contributed by atoms with Crippen molar-refractivity contribution in [3.63, 3.8) is 0 Å². The molecule has 1 heterocycles. The van der Waals surface area contributed by atoms with Crippen LogP contribution < -0.4 is 5.32 Å². The van der Waals surface area contributed by atoms with Crippen molar-refractivity contribution in [1.29, 1.82) is 0 Å². The molecule has 1 unspecified atom stereocenters. The quantitative estimate of drug-likeness (QED) is 0.702. The minimum atomic E-state index is -3.89. The summed E-state index contributed by atoms with van der Waals surface area (Å²) in [6.07, 6.45) is 0. The zero-order chi connectivity index (χ0) is 21.2. The molecule has 0 aromatic heterocycles. The zero-order valence-electron chi connectivity index (χ0n) is 15.5. The number of halogens is 3. The van der Waals surface area contributed by atoms with Crippen molar-refractivity contribution in [3.05, 3.63) is 62.6 Å². The summed E-state index contributed by atoms with van der Waals surface area (Å²) in [5, 5.41) is 3.32. The number of ether oxygens (including phenoxy) is 1. The number of hydrogen-bond acceptors (Lipinski definition) is 4. The van der Waals surface area contributed by atoms with Crippen molar-refractivity contribution in [2.24, 2.45) is 0 Å². The highest BCUT2D eigenvalue weighted by Crippen LogP contribution is 2.31. The van der Waals surface area contributed by atoms with Gasteiger partial charge in [0, 0.05) is 18.1 Å². The van der Waals surface area contributed by atoms with Gasteiger partial charge < -0.3 is 10.1 Å². The van der Waals surface area contributed by atoms with E-state index in [9.17, 15) is 13.2 Å². The van der Waals surface area contributed by atoms with Gasteiger partial charge >= 0.3 is 0 Å².